The fourth-order valence-electron chi connectivity index (χ4n) is 2.03. The second kappa shape index (κ2) is 6.25. The van der Waals surface area contributed by atoms with Crippen LogP contribution in [-0.4, -0.2) is 27.8 Å². The van der Waals surface area contributed by atoms with Gasteiger partial charge in [-0.05, 0) is 18.6 Å². The zero-order valence-corrected chi connectivity index (χ0v) is 12.3. The maximum absolute atomic E-state index is 12.2. The molecule has 2 N–H and O–H groups in total. The number of anilines is 1. The molecule has 0 aliphatic rings. The van der Waals surface area contributed by atoms with Gasteiger partial charge in [0.25, 0.3) is 0 Å². The molecule has 2 rings (SSSR count). The Kier molecular flexibility index (Phi) is 4.42. The molecule has 0 saturated carbocycles. The minimum atomic E-state index is -0.520. The molecule has 0 saturated heterocycles. The number of carbonyl (C=O) groups is 1. The first kappa shape index (κ1) is 14.8. The number of rotatable bonds is 5. The lowest BCUT2D eigenvalue weighted by atomic mass is 10.2. The molecule has 0 aliphatic carbocycles. The Balaban J connectivity index is 2.14. The Hall–Kier alpha value is -2.57. The number of nitrogen functional groups attached to an aromatic ring is 1. The molecular formula is C14H18N4O3. The maximum atomic E-state index is 12.2. The number of pyridine rings is 1. The monoisotopic (exact) mass is 290 g/mol. The van der Waals surface area contributed by atoms with Crippen molar-refractivity contribution in [1.82, 2.24) is 14.8 Å². The van der Waals surface area contributed by atoms with Crippen LogP contribution in [0.25, 0.3) is 0 Å². The van der Waals surface area contributed by atoms with Crippen LogP contribution in [0.4, 0.5) is 5.69 Å². The van der Waals surface area contributed by atoms with E-state index in [-0.39, 0.29) is 12.3 Å². The van der Waals surface area contributed by atoms with Crippen LogP contribution in [0.3, 0.4) is 0 Å². The zero-order chi connectivity index (χ0) is 15.4. The smallest absolute Gasteiger partial charge is 0.359 e. The van der Waals surface area contributed by atoms with Crippen molar-refractivity contribution < 1.29 is 14.3 Å². The topological polar surface area (TPSA) is 92.3 Å². The van der Waals surface area contributed by atoms with Crippen LogP contribution in [0.2, 0.25) is 0 Å². The molecule has 112 valence electrons. The van der Waals surface area contributed by atoms with E-state index >= 15 is 0 Å². The van der Waals surface area contributed by atoms with Gasteiger partial charge in [0.1, 0.15) is 6.61 Å². The van der Waals surface area contributed by atoms with Crippen molar-refractivity contribution in [3.8, 4) is 5.88 Å². The predicted molar refractivity (Wildman–Crippen MR) is 76.9 cm³/mol. The van der Waals surface area contributed by atoms with Crippen LogP contribution in [-0.2, 0) is 24.8 Å². The summed E-state index contributed by atoms with van der Waals surface area (Å²) in [6.07, 6.45) is 2.26. The van der Waals surface area contributed by atoms with Crippen molar-refractivity contribution in [3.05, 3.63) is 35.3 Å². The second-order valence-corrected chi connectivity index (χ2v) is 4.43. The number of ether oxygens (including phenoxy) is 2. The molecule has 7 heteroatoms. The van der Waals surface area contributed by atoms with Gasteiger partial charge in [-0.1, -0.05) is 6.92 Å². The van der Waals surface area contributed by atoms with Gasteiger partial charge in [-0.25, -0.2) is 9.78 Å². The summed E-state index contributed by atoms with van der Waals surface area (Å²) in [4.78, 5) is 16.2. The molecule has 0 atom stereocenters. The molecule has 0 amide bonds. The fourth-order valence-corrected chi connectivity index (χ4v) is 2.03. The van der Waals surface area contributed by atoms with Gasteiger partial charge < -0.3 is 15.2 Å². The molecule has 2 aromatic rings. The van der Waals surface area contributed by atoms with Crippen LogP contribution >= 0.6 is 0 Å². The molecule has 21 heavy (non-hydrogen) atoms. The Bertz CT molecular complexity index is 652. The Labute approximate surface area is 122 Å². The van der Waals surface area contributed by atoms with Gasteiger partial charge in [-0.3, -0.25) is 4.68 Å². The number of hydrogen-bond donors (Lipinski definition) is 1. The third kappa shape index (κ3) is 2.96. The lowest BCUT2D eigenvalue weighted by Gasteiger charge is -2.08. The van der Waals surface area contributed by atoms with E-state index in [1.54, 1.807) is 25.4 Å². The summed E-state index contributed by atoms with van der Waals surface area (Å²) in [6, 6.07) is 3.53. The number of methoxy groups -OCH3 is 1. The van der Waals surface area contributed by atoms with E-state index in [0.29, 0.717) is 29.2 Å². The Morgan fingerprint density at radius 1 is 1.48 bits per heavy atom. The fraction of sp³-hybridized carbons (Fsp3) is 0.357. The van der Waals surface area contributed by atoms with Crippen LogP contribution < -0.4 is 10.5 Å². The van der Waals surface area contributed by atoms with Gasteiger partial charge in [-0.15, -0.1) is 0 Å². The molecular weight excluding hydrogens is 272 g/mol. The van der Waals surface area contributed by atoms with Crippen molar-refractivity contribution in [2.24, 2.45) is 7.05 Å². The lowest BCUT2D eigenvalue weighted by molar-refractivity contribution is 0.0458. The third-order valence-electron chi connectivity index (χ3n) is 3.09. The SMILES string of the molecule is CCc1nn(C)c(C(=O)OCc2cccnc2OC)c1N. The molecule has 0 unspecified atom stereocenters. The first-order valence-corrected chi connectivity index (χ1v) is 6.54. The number of nitrogens with two attached hydrogens (primary N) is 1. The van der Waals surface area contributed by atoms with E-state index < -0.39 is 5.97 Å². The van der Waals surface area contributed by atoms with Gasteiger partial charge in [0.2, 0.25) is 5.88 Å². The minimum Gasteiger partial charge on any atom is -0.481 e. The summed E-state index contributed by atoms with van der Waals surface area (Å²) in [5.41, 5.74) is 7.91. The molecule has 0 spiro atoms. The van der Waals surface area contributed by atoms with Crippen LogP contribution in [0.15, 0.2) is 18.3 Å². The highest BCUT2D eigenvalue weighted by molar-refractivity contribution is 5.93. The summed E-state index contributed by atoms with van der Waals surface area (Å²) in [5.74, 6) is -0.0920. The quantitative estimate of drug-likeness (QED) is 0.835. The van der Waals surface area contributed by atoms with E-state index in [1.165, 1.54) is 11.8 Å². The lowest BCUT2D eigenvalue weighted by Crippen LogP contribution is -2.13. The molecule has 7 nitrogen and oxygen atoms in total. The van der Waals surface area contributed by atoms with Crippen LogP contribution in [0.1, 0.15) is 28.7 Å². The number of hydrogen-bond acceptors (Lipinski definition) is 6. The van der Waals surface area contributed by atoms with E-state index in [4.69, 9.17) is 15.2 Å². The van der Waals surface area contributed by atoms with Crippen LogP contribution in [0, 0.1) is 0 Å². The molecule has 0 aliphatic heterocycles. The summed E-state index contributed by atoms with van der Waals surface area (Å²) in [5, 5.41) is 4.19. The highest BCUT2D eigenvalue weighted by Gasteiger charge is 2.21. The van der Waals surface area contributed by atoms with Crippen LogP contribution in [0.5, 0.6) is 5.88 Å². The van der Waals surface area contributed by atoms with Gasteiger partial charge in [-0.2, -0.15) is 5.10 Å². The van der Waals surface area contributed by atoms with E-state index in [1.807, 2.05) is 6.92 Å². The first-order valence-electron chi connectivity index (χ1n) is 6.54. The second-order valence-electron chi connectivity index (χ2n) is 4.43. The molecule has 0 bridgehead atoms. The van der Waals surface area contributed by atoms with Crippen molar-refractivity contribution in [2.45, 2.75) is 20.0 Å². The average molecular weight is 290 g/mol. The Morgan fingerprint density at radius 2 is 2.24 bits per heavy atom. The highest BCUT2D eigenvalue weighted by atomic mass is 16.5. The van der Waals surface area contributed by atoms with Gasteiger partial charge in [0.05, 0.1) is 24.1 Å². The summed E-state index contributed by atoms with van der Waals surface area (Å²) < 4.78 is 11.8. The number of aryl methyl sites for hydroxylation is 2. The van der Waals surface area contributed by atoms with E-state index in [2.05, 4.69) is 10.1 Å². The van der Waals surface area contributed by atoms with E-state index in [9.17, 15) is 4.79 Å². The molecule has 2 aromatic heterocycles. The van der Waals surface area contributed by atoms with E-state index in [0.717, 1.165) is 0 Å². The summed E-state index contributed by atoms with van der Waals surface area (Å²) in [7, 11) is 3.18. The summed E-state index contributed by atoms with van der Waals surface area (Å²) >= 11 is 0. The molecule has 0 radical (unpaired) electrons. The number of esters is 1. The Morgan fingerprint density at radius 3 is 2.86 bits per heavy atom. The largest absolute Gasteiger partial charge is 0.481 e. The molecule has 0 aromatic carbocycles. The maximum Gasteiger partial charge on any atom is 0.359 e. The number of carbonyl (C=O) groups excluding carboxylic acids is 1. The van der Waals surface area contributed by atoms with Gasteiger partial charge >= 0.3 is 5.97 Å². The average Bonchev–Trinajstić information content (AvgIpc) is 2.79. The minimum absolute atomic E-state index is 0.0575. The highest BCUT2D eigenvalue weighted by Crippen LogP contribution is 2.20. The molecule has 0 fully saturated rings. The third-order valence-corrected chi connectivity index (χ3v) is 3.09. The van der Waals surface area contributed by atoms with Crippen molar-refractivity contribution >= 4 is 11.7 Å². The first-order chi connectivity index (χ1) is 10.1. The standard InChI is InChI=1S/C14H18N4O3/c1-4-10-11(15)12(18(2)17-10)14(19)21-8-9-6-5-7-16-13(9)20-3/h5-7H,4,8,15H2,1-3H3. The zero-order valence-electron chi connectivity index (χ0n) is 12.3. The summed E-state index contributed by atoms with van der Waals surface area (Å²) in [6.45, 7) is 1.98. The number of nitrogens with zero attached hydrogens (tertiary/aromatic N) is 3. The predicted octanol–water partition coefficient (Wildman–Crippen LogP) is 1.33. The number of aromatic nitrogens is 3. The van der Waals surface area contributed by atoms with Crippen molar-refractivity contribution in [1.29, 1.82) is 0 Å². The van der Waals surface area contributed by atoms with Gasteiger partial charge in [0.15, 0.2) is 5.69 Å². The van der Waals surface area contributed by atoms with Crippen molar-refractivity contribution in [2.75, 3.05) is 12.8 Å². The van der Waals surface area contributed by atoms with Crippen molar-refractivity contribution in [3.63, 3.8) is 0 Å². The van der Waals surface area contributed by atoms with Gasteiger partial charge in [0, 0.05) is 13.2 Å². The molecule has 2 heterocycles. The normalized spacial score (nSPS) is 10.4.